The maximum absolute atomic E-state index is 12.6. The molecule has 0 aliphatic heterocycles. The number of likely N-dealkylation sites (N-methyl/N-ethyl adjacent to an activating group) is 1. The fraction of sp³-hybridized carbons (Fsp3) is 0.370. The molecule has 0 unspecified atom stereocenters. The van der Waals surface area contributed by atoms with Gasteiger partial charge < -0.3 is 25.0 Å². The van der Waals surface area contributed by atoms with Crippen LogP contribution >= 0.6 is 15.9 Å². The van der Waals surface area contributed by atoms with Crippen molar-refractivity contribution in [3.63, 3.8) is 0 Å². The SMILES string of the molecule is CCN(CC)CCOc1ccc(Nc2ncc(Br)c(Nc3ccccc3C(=O)OCC(C)C)n2)cc1. The lowest BCUT2D eigenvalue weighted by Crippen LogP contribution is -2.27. The van der Waals surface area contributed by atoms with Gasteiger partial charge in [-0.05, 0) is 71.3 Å². The molecular formula is C27H34BrN5O3. The molecule has 0 aliphatic rings. The van der Waals surface area contributed by atoms with Gasteiger partial charge in [0.05, 0.1) is 22.3 Å². The Balaban J connectivity index is 1.66. The third kappa shape index (κ3) is 8.20. The van der Waals surface area contributed by atoms with Crippen molar-refractivity contribution >= 4 is 45.0 Å². The van der Waals surface area contributed by atoms with Gasteiger partial charge in [-0.25, -0.2) is 9.78 Å². The van der Waals surface area contributed by atoms with Crippen LogP contribution in [0.15, 0.2) is 59.2 Å². The largest absolute Gasteiger partial charge is 0.492 e. The van der Waals surface area contributed by atoms with E-state index in [2.05, 4.69) is 55.3 Å². The molecule has 192 valence electrons. The summed E-state index contributed by atoms with van der Waals surface area (Å²) in [5.41, 5.74) is 1.87. The Labute approximate surface area is 221 Å². The molecular weight excluding hydrogens is 522 g/mol. The molecule has 0 saturated carbocycles. The number of carbonyl (C=O) groups is 1. The van der Waals surface area contributed by atoms with E-state index < -0.39 is 0 Å². The molecule has 1 heterocycles. The van der Waals surface area contributed by atoms with Crippen molar-refractivity contribution in [2.75, 3.05) is 43.5 Å². The number of hydrogen-bond donors (Lipinski definition) is 2. The fourth-order valence-electron chi connectivity index (χ4n) is 3.33. The monoisotopic (exact) mass is 555 g/mol. The lowest BCUT2D eigenvalue weighted by atomic mass is 10.1. The van der Waals surface area contributed by atoms with E-state index in [1.807, 2.05) is 50.2 Å². The summed E-state index contributed by atoms with van der Waals surface area (Å²) in [5, 5.41) is 6.43. The summed E-state index contributed by atoms with van der Waals surface area (Å²) in [6.45, 7) is 12.2. The van der Waals surface area contributed by atoms with Crippen molar-refractivity contribution < 1.29 is 14.3 Å². The minimum atomic E-state index is -0.380. The number of benzene rings is 2. The molecule has 0 radical (unpaired) electrons. The first-order valence-corrected chi connectivity index (χ1v) is 13.0. The Hall–Kier alpha value is -3.17. The van der Waals surface area contributed by atoms with Gasteiger partial charge in [0.1, 0.15) is 18.2 Å². The maximum atomic E-state index is 12.6. The number of nitrogens with one attached hydrogen (secondary N) is 2. The molecule has 0 fully saturated rings. The molecule has 0 saturated heterocycles. The molecule has 0 atom stereocenters. The van der Waals surface area contributed by atoms with Gasteiger partial charge in [-0.15, -0.1) is 0 Å². The predicted molar refractivity (Wildman–Crippen MR) is 148 cm³/mol. The van der Waals surface area contributed by atoms with E-state index in [4.69, 9.17) is 9.47 Å². The average Bonchev–Trinajstić information content (AvgIpc) is 2.88. The van der Waals surface area contributed by atoms with Crippen molar-refractivity contribution in [1.29, 1.82) is 0 Å². The van der Waals surface area contributed by atoms with Crippen LogP contribution in [0.25, 0.3) is 0 Å². The molecule has 9 heteroatoms. The fourth-order valence-corrected chi connectivity index (χ4v) is 3.62. The Kier molecular flexibility index (Phi) is 10.5. The van der Waals surface area contributed by atoms with Gasteiger partial charge in [0.2, 0.25) is 5.95 Å². The predicted octanol–water partition coefficient (Wildman–Crippen LogP) is 6.26. The minimum absolute atomic E-state index is 0.256. The third-order valence-electron chi connectivity index (χ3n) is 5.37. The number of halogens is 1. The Morgan fingerprint density at radius 2 is 1.78 bits per heavy atom. The van der Waals surface area contributed by atoms with Gasteiger partial charge in [-0.3, -0.25) is 0 Å². The van der Waals surface area contributed by atoms with Gasteiger partial charge in [0.15, 0.2) is 0 Å². The van der Waals surface area contributed by atoms with Crippen LogP contribution in [0.2, 0.25) is 0 Å². The summed E-state index contributed by atoms with van der Waals surface area (Å²) in [6, 6.07) is 14.9. The second kappa shape index (κ2) is 13.8. The lowest BCUT2D eigenvalue weighted by Gasteiger charge is -2.18. The molecule has 0 spiro atoms. The van der Waals surface area contributed by atoms with Gasteiger partial charge in [-0.1, -0.05) is 39.8 Å². The van der Waals surface area contributed by atoms with Crippen LogP contribution in [0.3, 0.4) is 0 Å². The number of nitrogens with zero attached hydrogens (tertiary/aromatic N) is 3. The number of hydrogen-bond acceptors (Lipinski definition) is 8. The quantitative estimate of drug-likeness (QED) is 0.239. The second-order valence-corrected chi connectivity index (χ2v) is 9.43. The van der Waals surface area contributed by atoms with Crippen molar-refractivity contribution in [3.05, 3.63) is 64.8 Å². The van der Waals surface area contributed by atoms with Crippen molar-refractivity contribution in [1.82, 2.24) is 14.9 Å². The molecule has 0 bridgehead atoms. The van der Waals surface area contributed by atoms with Crippen LogP contribution in [0.1, 0.15) is 38.1 Å². The molecule has 3 aromatic rings. The zero-order valence-corrected chi connectivity index (χ0v) is 22.8. The van der Waals surface area contributed by atoms with E-state index in [0.717, 1.165) is 31.1 Å². The topological polar surface area (TPSA) is 88.6 Å². The first-order chi connectivity index (χ1) is 17.4. The molecule has 1 aromatic heterocycles. The highest BCUT2D eigenvalue weighted by molar-refractivity contribution is 9.10. The molecule has 0 aliphatic carbocycles. The van der Waals surface area contributed by atoms with Crippen LogP contribution < -0.4 is 15.4 Å². The Morgan fingerprint density at radius 3 is 2.47 bits per heavy atom. The van der Waals surface area contributed by atoms with E-state index in [1.54, 1.807) is 18.3 Å². The molecule has 2 aromatic carbocycles. The van der Waals surface area contributed by atoms with Crippen molar-refractivity contribution in [2.45, 2.75) is 27.7 Å². The Bertz CT molecular complexity index is 1120. The number of anilines is 4. The van der Waals surface area contributed by atoms with Crippen LogP contribution in [0.5, 0.6) is 5.75 Å². The zero-order chi connectivity index (χ0) is 25.9. The maximum Gasteiger partial charge on any atom is 0.340 e. The van der Waals surface area contributed by atoms with Crippen molar-refractivity contribution in [3.8, 4) is 5.75 Å². The summed E-state index contributed by atoms with van der Waals surface area (Å²) in [6.07, 6.45) is 1.65. The standard InChI is InChI=1S/C27H34BrN5O3/c1-5-33(6-2)15-16-35-21-13-11-20(12-14-21)30-27-29-17-23(28)25(32-27)31-24-10-8-7-9-22(24)26(34)36-18-19(3)4/h7-14,17,19H,5-6,15-16,18H2,1-4H3,(H2,29,30,31,32). The van der Waals surface area contributed by atoms with Gasteiger partial charge in [-0.2, -0.15) is 4.98 Å². The van der Waals surface area contributed by atoms with Gasteiger partial charge in [0.25, 0.3) is 0 Å². The van der Waals surface area contributed by atoms with E-state index in [9.17, 15) is 4.79 Å². The lowest BCUT2D eigenvalue weighted by molar-refractivity contribution is 0.0460. The molecule has 36 heavy (non-hydrogen) atoms. The zero-order valence-electron chi connectivity index (χ0n) is 21.3. The summed E-state index contributed by atoms with van der Waals surface area (Å²) < 4.78 is 11.9. The van der Waals surface area contributed by atoms with Crippen LogP contribution in [0, 0.1) is 5.92 Å². The number of carbonyl (C=O) groups excluding carboxylic acids is 1. The number of esters is 1. The van der Waals surface area contributed by atoms with Gasteiger partial charge >= 0.3 is 5.97 Å². The Morgan fingerprint density at radius 1 is 1.06 bits per heavy atom. The molecule has 8 nitrogen and oxygen atoms in total. The van der Waals surface area contributed by atoms with Crippen LogP contribution in [-0.4, -0.2) is 53.7 Å². The summed E-state index contributed by atoms with van der Waals surface area (Å²) in [5.74, 6) is 1.62. The first-order valence-electron chi connectivity index (χ1n) is 12.2. The third-order valence-corrected chi connectivity index (χ3v) is 5.95. The number of para-hydroxylation sites is 1. The van der Waals surface area contributed by atoms with Crippen LogP contribution in [-0.2, 0) is 4.74 Å². The second-order valence-electron chi connectivity index (χ2n) is 8.58. The van der Waals surface area contributed by atoms with E-state index in [-0.39, 0.29) is 11.9 Å². The smallest absolute Gasteiger partial charge is 0.340 e. The summed E-state index contributed by atoms with van der Waals surface area (Å²) >= 11 is 3.49. The van der Waals surface area contributed by atoms with E-state index in [0.29, 0.717) is 40.7 Å². The highest BCUT2D eigenvalue weighted by Crippen LogP contribution is 2.28. The van der Waals surface area contributed by atoms with Crippen molar-refractivity contribution in [2.24, 2.45) is 5.92 Å². The average molecular weight is 557 g/mol. The van der Waals surface area contributed by atoms with E-state index >= 15 is 0 Å². The highest BCUT2D eigenvalue weighted by Gasteiger charge is 2.15. The number of aromatic nitrogens is 2. The number of ether oxygens (including phenoxy) is 2. The number of rotatable bonds is 13. The summed E-state index contributed by atoms with van der Waals surface area (Å²) in [4.78, 5) is 23.8. The normalized spacial score (nSPS) is 11.0. The molecule has 2 N–H and O–H groups in total. The minimum Gasteiger partial charge on any atom is -0.492 e. The summed E-state index contributed by atoms with van der Waals surface area (Å²) in [7, 11) is 0. The highest BCUT2D eigenvalue weighted by atomic mass is 79.9. The van der Waals surface area contributed by atoms with Crippen LogP contribution in [0.4, 0.5) is 23.1 Å². The molecule has 0 amide bonds. The first kappa shape index (κ1) is 27.4. The van der Waals surface area contributed by atoms with Gasteiger partial charge in [0, 0.05) is 18.4 Å². The van der Waals surface area contributed by atoms with E-state index in [1.165, 1.54) is 0 Å². The molecule has 3 rings (SSSR count).